The van der Waals surface area contributed by atoms with Crippen LogP contribution in [0.15, 0.2) is 0 Å². The molecule has 1 unspecified atom stereocenters. The zero-order chi connectivity index (χ0) is 13.7. The number of carbonyl (C=O) groups excluding carboxylic acids is 2. The zero-order valence-electron chi connectivity index (χ0n) is 11.4. The fraction of sp³-hybridized carbons (Fsp3) is 0.846. The van der Waals surface area contributed by atoms with Crippen molar-refractivity contribution in [2.45, 2.75) is 44.2 Å². The lowest BCUT2D eigenvalue weighted by Crippen LogP contribution is -2.53. The summed E-state index contributed by atoms with van der Waals surface area (Å²) in [5, 5.41) is 3.05. The van der Waals surface area contributed by atoms with E-state index >= 15 is 0 Å². The molecule has 108 valence electrons. The first kappa shape index (κ1) is 14.1. The molecule has 1 aliphatic carbocycles. The molecule has 1 atom stereocenters. The molecule has 0 aromatic rings. The van der Waals surface area contributed by atoms with Crippen LogP contribution in [0.2, 0.25) is 0 Å². The van der Waals surface area contributed by atoms with Gasteiger partial charge < -0.3 is 19.7 Å². The van der Waals surface area contributed by atoms with Gasteiger partial charge in [-0.3, -0.25) is 0 Å². The molecule has 0 bridgehead atoms. The number of amides is 2. The second-order valence-electron chi connectivity index (χ2n) is 5.11. The SMILES string of the molecule is COC(=O)C1CN(C(=O)NC2CCCCC2)CCO1. The van der Waals surface area contributed by atoms with Crippen LogP contribution in [0, 0.1) is 0 Å². The van der Waals surface area contributed by atoms with E-state index in [-0.39, 0.29) is 18.6 Å². The molecular formula is C13H22N2O4. The maximum absolute atomic E-state index is 12.1. The van der Waals surface area contributed by atoms with Crippen molar-refractivity contribution in [1.82, 2.24) is 10.2 Å². The van der Waals surface area contributed by atoms with E-state index in [1.54, 1.807) is 4.90 Å². The summed E-state index contributed by atoms with van der Waals surface area (Å²) in [6.45, 7) is 1.16. The Balaban J connectivity index is 1.82. The van der Waals surface area contributed by atoms with Crippen LogP contribution in [-0.2, 0) is 14.3 Å². The number of methoxy groups -OCH3 is 1. The Morgan fingerprint density at radius 2 is 2.00 bits per heavy atom. The van der Waals surface area contributed by atoms with Gasteiger partial charge in [-0.15, -0.1) is 0 Å². The van der Waals surface area contributed by atoms with E-state index < -0.39 is 12.1 Å². The van der Waals surface area contributed by atoms with Gasteiger partial charge in [0.05, 0.1) is 20.3 Å². The Morgan fingerprint density at radius 1 is 1.26 bits per heavy atom. The van der Waals surface area contributed by atoms with Crippen molar-refractivity contribution >= 4 is 12.0 Å². The highest BCUT2D eigenvalue weighted by Gasteiger charge is 2.30. The normalized spacial score (nSPS) is 24.9. The second kappa shape index (κ2) is 6.75. The van der Waals surface area contributed by atoms with Crippen LogP contribution in [0.3, 0.4) is 0 Å². The molecule has 0 aromatic heterocycles. The summed E-state index contributed by atoms with van der Waals surface area (Å²) in [7, 11) is 1.33. The first-order valence-corrected chi connectivity index (χ1v) is 6.95. The minimum Gasteiger partial charge on any atom is -0.467 e. The van der Waals surface area contributed by atoms with E-state index in [1.165, 1.54) is 26.4 Å². The van der Waals surface area contributed by atoms with Crippen LogP contribution < -0.4 is 5.32 Å². The number of morpholine rings is 1. The van der Waals surface area contributed by atoms with Gasteiger partial charge in [0, 0.05) is 12.6 Å². The summed E-state index contributed by atoms with van der Waals surface area (Å²) in [5.74, 6) is -0.421. The second-order valence-corrected chi connectivity index (χ2v) is 5.11. The monoisotopic (exact) mass is 270 g/mol. The Bertz CT molecular complexity index is 329. The summed E-state index contributed by atoms with van der Waals surface area (Å²) in [5.41, 5.74) is 0. The number of nitrogens with zero attached hydrogens (tertiary/aromatic N) is 1. The largest absolute Gasteiger partial charge is 0.467 e. The van der Waals surface area contributed by atoms with Gasteiger partial charge in [-0.1, -0.05) is 19.3 Å². The number of carbonyl (C=O) groups is 2. The number of esters is 1. The van der Waals surface area contributed by atoms with E-state index in [9.17, 15) is 9.59 Å². The molecule has 0 radical (unpaired) electrons. The molecule has 1 saturated carbocycles. The first-order chi connectivity index (χ1) is 9.20. The van der Waals surface area contributed by atoms with Crippen molar-refractivity contribution in [3.05, 3.63) is 0 Å². The quantitative estimate of drug-likeness (QED) is 0.757. The number of rotatable bonds is 2. The Labute approximate surface area is 113 Å². The Hall–Kier alpha value is -1.30. The highest BCUT2D eigenvalue weighted by atomic mass is 16.6. The molecule has 1 aliphatic heterocycles. The van der Waals surface area contributed by atoms with Crippen molar-refractivity contribution in [2.24, 2.45) is 0 Å². The third kappa shape index (κ3) is 3.83. The molecule has 1 saturated heterocycles. The molecule has 2 amide bonds. The summed E-state index contributed by atoms with van der Waals surface area (Å²) >= 11 is 0. The molecule has 0 aromatic carbocycles. The van der Waals surface area contributed by atoms with E-state index in [4.69, 9.17) is 4.74 Å². The predicted octanol–water partition coefficient (Wildman–Crippen LogP) is 0.902. The van der Waals surface area contributed by atoms with E-state index in [1.807, 2.05) is 0 Å². The third-order valence-electron chi connectivity index (χ3n) is 3.75. The number of hydrogen-bond donors (Lipinski definition) is 1. The minimum atomic E-state index is -0.657. The van der Waals surface area contributed by atoms with Crippen molar-refractivity contribution < 1.29 is 19.1 Å². The van der Waals surface area contributed by atoms with Crippen molar-refractivity contribution in [2.75, 3.05) is 26.8 Å². The highest BCUT2D eigenvalue weighted by Crippen LogP contribution is 2.18. The average molecular weight is 270 g/mol. The smallest absolute Gasteiger partial charge is 0.336 e. The average Bonchev–Trinajstić information content (AvgIpc) is 2.47. The van der Waals surface area contributed by atoms with E-state index in [0.717, 1.165) is 12.8 Å². The number of hydrogen-bond acceptors (Lipinski definition) is 4. The van der Waals surface area contributed by atoms with Gasteiger partial charge in [-0.25, -0.2) is 9.59 Å². The fourth-order valence-electron chi connectivity index (χ4n) is 2.62. The summed E-state index contributed by atoms with van der Waals surface area (Å²) in [6, 6.07) is 0.185. The number of urea groups is 1. The molecule has 6 heteroatoms. The topological polar surface area (TPSA) is 67.9 Å². The van der Waals surface area contributed by atoms with E-state index in [2.05, 4.69) is 10.1 Å². The van der Waals surface area contributed by atoms with Gasteiger partial charge in [0.25, 0.3) is 0 Å². The van der Waals surface area contributed by atoms with Gasteiger partial charge in [-0.2, -0.15) is 0 Å². The van der Waals surface area contributed by atoms with Crippen LogP contribution in [0.25, 0.3) is 0 Å². The Morgan fingerprint density at radius 3 is 2.68 bits per heavy atom. The van der Waals surface area contributed by atoms with Gasteiger partial charge in [-0.05, 0) is 12.8 Å². The highest BCUT2D eigenvalue weighted by molar-refractivity contribution is 5.78. The van der Waals surface area contributed by atoms with Gasteiger partial charge >= 0.3 is 12.0 Å². The van der Waals surface area contributed by atoms with E-state index in [0.29, 0.717) is 13.2 Å². The van der Waals surface area contributed by atoms with Crippen LogP contribution >= 0.6 is 0 Å². The molecule has 2 fully saturated rings. The van der Waals surface area contributed by atoms with Gasteiger partial charge in [0.15, 0.2) is 6.10 Å². The lowest BCUT2D eigenvalue weighted by Gasteiger charge is -2.33. The van der Waals surface area contributed by atoms with Crippen molar-refractivity contribution in [1.29, 1.82) is 0 Å². The molecule has 2 rings (SSSR count). The summed E-state index contributed by atoms with van der Waals surface area (Å²) in [6.07, 6.45) is 5.06. The van der Waals surface area contributed by atoms with Crippen molar-refractivity contribution in [3.63, 3.8) is 0 Å². The van der Waals surface area contributed by atoms with Crippen LogP contribution in [-0.4, -0.2) is 55.9 Å². The van der Waals surface area contributed by atoms with Crippen LogP contribution in [0.1, 0.15) is 32.1 Å². The molecule has 19 heavy (non-hydrogen) atoms. The number of ether oxygens (including phenoxy) is 2. The van der Waals surface area contributed by atoms with Crippen LogP contribution in [0.5, 0.6) is 0 Å². The molecule has 2 aliphatic rings. The predicted molar refractivity (Wildman–Crippen MR) is 68.7 cm³/mol. The maximum Gasteiger partial charge on any atom is 0.336 e. The molecule has 6 nitrogen and oxygen atoms in total. The molecule has 1 heterocycles. The van der Waals surface area contributed by atoms with Crippen molar-refractivity contribution in [3.8, 4) is 0 Å². The first-order valence-electron chi connectivity index (χ1n) is 6.95. The van der Waals surface area contributed by atoms with Gasteiger partial charge in [0.2, 0.25) is 0 Å². The fourth-order valence-corrected chi connectivity index (χ4v) is 2.62. The standard InChI is InChI=1S/C13H22N2O4/c1-18-12(16)11-9-15(7-8-19-11)13(17)14-10-5-3-2-4-6-10/h10-11H,2-9H2,1H3,(H,14,17). The molecule has 0 spiro atoms. The van der Waals surface area contributed by atoms with Crippen LogP contribution in [0.4, 0.5) is 4.79 Å². The summed E-state index contributed by atoms with van der Waals surface area (Å²) < 4.78 is 9.95. The molecular weight excluding hydrogens is 248 g/mol. The molecule has 1 N–H and O–H groups in total. The Kier molecular flexibility index (Phi) is 5.01. The third-order valence-corrected chi connectivity index (χ3v) is 3.75. The zero-order valence-corrected chi connectivity index (χ0v) is 11.4. The summed E-state index contributed by atoms with van der Waals surface area (Å²) in [4.78, 5) is 25.2. The lowest BCUT2D eigenvalue weighted by molar-refractivity contribution is -0.158. The number of nitrogens with one attached hydrogen (secondary N) is 1. The maximum atomic E-state index is 12.1. The lowest BCUT2D eigenvalue weighted by atomic mass is 9.96. The minimum absolute atomic E-state index is 0.0934. The van der Waals surface area contributed by atoms with Gasteiger partial charge in [0.1, 0.15) is 0 Å².